The van der Waals surface area contributed by atoms with E-state index in [2.05, 4.69) is 4.98 Å². The van der Waals surface area contributed by atoms with Crippen LogP contribution in [-0.2, 0) is 0 Å². The summed E-state index contributed by atoms with van der Waals surface area (Å²) in [5, 5.41) is 1.31. The molecule has 4 nitrogen and oxygen atoms in total. The van der Waals surface area contributed by atoms with Crippen LogP contribution in [0.15, 0.2) is 78.9 Å². The Morgan fingerprint density at radius 3 is 2.27 bits per heavy atom. The number of pyridine rings is 1. The molecule has 0 atom stereocenters. The number of benzene rings is 3. The van der Waals surface area contributed by atoms with Crippen LogP contribution in [0.1, 0.15) is 5.56 Å². The molecule has 0 radical (unpaired) electrons. The number of anilines is 1. The first-order valence-corrected chi connectivity index (χ1v) is 11.0. The summed E-state index contributed by atoms with van der Waals surface area (Å²) < 4.78 is 15.6. The highest BCUT2D eigenvalue weighted by atomic mass is 35.5. The van der Waals surface area contributed by atoms with E-state index in [9.17, 15) is 4.39 Å². The summed E-state index contributed by atoms with van der Waals surface area (Å²) in [6.07, 6.45) is 0. The van der Waals surface area contributed by atoms with Crippen molar-refractivity contribution in [1.82, 2.24) is 14.5 Å². The summed E-state index contributed by atoms with van der Waals surface area (Å²) in [7, 11) is 0. The van der Waals surface area contributed by atoms with Gasteiger partial charge in [-0.25, -0.2) is 9.37 Å². The van der Waals surface area contributed by atoms with Crippen LogP contribution in [-0.4, -0.2) is 14.5 Å². The van der Waals surface area contributed by atoms with Gasteiger partial charge >= 0.3 is 0 Å². The van der Waals surface area contributed by atoms with E-state index < -0.39 is 0 Å². The highest BCUT2D eigenvalue weighted by Gasteiger charge is 2.18. The summed E-state index contributed by atoms with van der Waals surface area (Å²) in [6.45, 7) is 2.00. The summed E-state index contributed by atoms with van der Waals surface area (Å²) in [5.41, 5.74) is 12.2. The van der Waals surface area contributed by atoms with Crippen LogP contribution in [0.2, 0.25) is 5.02 Å². The predicted octanol–water partition coefficient (Wildman–Crippen LogP) is 7.17. The lowest BCUT2D eigenvalue weighted by atomic mass is 9.99. The molecule has 2 heterocycles. The molecule has 0 aliphatic rings. The van der Waals surface area contributed by atoms with Gasteiger partial charge in [0, 0.05) is 10.6 Å². The smallest absolute Gasteiger partial charge is 0.207 e. The Hall–Kier alpha value is -3.61. The van der Waals surface area contributed by atoms with Crippen LogP contribution in [0.5, 0.6) is 0 Å². The number of fused-ring (bicyclic) bond motifs is 1. The molecule has 0 fully saturated rings. The molecular formula is C26H18ClFN4S. The van der Waals surface area contributed by atoms with Gasteiger partial charge in [-0.3, -0.25) is 4.57 Å². The third kappa shape index (κ3) is 3.88. The Labute approximate surface area is 200 Å². The van der Waals surface area contributed by atoms with Crippen LogP contribution in [0.3, 0.4) is 0 Å². The first-order valence-electron chi connectivity index (χ1n) is 10.2. The Bertz CT molecular complexity index is 1560. The monoisotopic (exact) mass is 472 g/mol. The topological polar surface area (TPSA) is 56.7 Å². The molecule has 0 amide bonds. The van der Waals surface area contributed by atoms with Crippen molar-refractivity contribution in [2.45, 2.75) is 6.92 Å². The van der Waals surface area contributed by atoms with E-state index in [1.54, 1.807) is 16.7 Å². The highest BCUT2D eigenvalue weighted by Crippen LogP contribution is 2.36. The van der Waals surface area contributed by atoms with Crippen LogP contribution in [0, 0.1) is 17.5 Å². The minimum atomic E-state index is -0.313. The highest BCUT2D eigenvalue weighted by molar-refractivity contribution is 7.71. The molecule has 2 N–H and O–H groups in total. The molecule has 0 unspecified atom stereocenters. The number of para-hydroxylation sites is 1. The maximum atomic E-state index is 13.5. The quantitative estimate of drug-likeness (QED) is 0.283. The van der Waals surface area contributed by atoms with Gasteiger partial charge in [-0.2, -0.15) is 4.98 Å². The molecule has 7 heteroatoms. The average Bonchev–Trinajstić information content (AvgIpc) is 2.80. The third-order valence-electron chi connectivity index (χ3n) is 5.54. The molecule has 0 aliphatic carbocycles. The molecule has 0 spiro atoms. The number of hydrogen-bond acceptors (Lipinski definition) is 4. The fourth-order valence-corrected chi connectivity index (χ4v) is 4.30. The van der Waals surface area contributed by atoms with Gasteiger partial charge in [-0.15, -0.1) is 0 Å². The number of halogens is 2. The number of nitrogens with zero attached hydrogens (tertiary/aromatic N) is 3. The number of rotatable bonds is 3. The van der Waals surface area contributed by atoms with E-state index in [1.165, 1.54) is 12.1 Å². The number of aromatic nitrogens is 3. The second-order valence-electron chi connectivity index (χ2n) is 7.67. The zero-order valence-corrected chi connectivity index (χ0v) is 19.2. The van der Waals surface area contributed by atoms with Gasteiger partial charge in [0.1, 0.15) is 11.6 Å². The summed E-state index contributed by atoms with van der Waals surface area (Å²) in [4.78, 5) is 9.39. The van der Waals surface area contributed by atoms with Crippen molar-refractivity contribution in [2.75, 3.05) is 5.73 Å². The number of nitrogens with two attached hydrogens (primary N) is 1. The maximum absolute atomic E-state index is 13.5. The molecule has 5 rings (SSSR count). The first-order chi connectivity index (χ1) is 15.9. The molecular weight excluding hydrogens is 455 g/mol. The zero-order valence-electron chi connectivity index (χ0n) is 17.6. The zero-order chi connectivity index (χ0) is 23.1. The number of aryl methyl sites for hydroxylation is 1. The lowest BCUT2D eigenvalue weighted by Gasteiger charge is -2.17. The van der Waals surface area contributed by atoms with Gasteiger partial charge in [0.2, 0.25) is 4.77 Å². The van der Waals surface area contributed by atoms with Gasteiger partial charge in [-0.05, 0) is 84.4 Å². The molecule has 0 saturated heterocycles. The van der Waals surface area contributed by atoms with Crippen molar-refractivity contribution < 1.29 is 4.39 Å². The summed E-state index contributed by atoms with van der Waals surface area (Å²) in [5.74, 6) is 0.134. The predicted molar refractivity (Wildman–Crippen MR) is 135 cm³/mol. The SMILES string of the molecule is Cc1ccccc1-n1c(N)c2c(-c3ccc(Cl)cc3)cc(-c3ccc(F)cc3)nc2nc1=S. The lowest BCUT2D eigenvalue weighted by Crippen LogP contribution is -2.10. The standard InChI is InChI=1S/C26H18ClFN4S/c1-15-4-2-3-5-22(15)32-24(29)23-20(16-6-10-18(27)11-7-16)14-21(30-25(23)31-26(32)33)17-8-12-19(28)13-9-17/h2-14H,29H2,1H3. The second-order valence-corrected chi connectivity index (χ2v) is 8.47. The molecule has 0 bridgehead atoms. The molecule has 0 aliphatic heterocycles. The van der Waals surface area contributed by atoms with E-state index in [0.29, 0.717) is 32.3 Å². The Balaban J connectivity index is 1.87. The minimum absolute atomic E-state index is 0.306. The Morgan fingerprint density at radius 2 is 1.58 bits per heavy atom. The summed E-state index contributed by atoms with van der Waals surface area (Å²) in [6, 6.07) is 23.4. The van der Waals surface area contributed by atoms with Gasteiger partial charge in [0.25, 0.3) is 0 Å². The van der Waals surface area contributed by atoms with Crippen LogP contribution in [0.25, 0.3) is 39.1 Å². The fraction of sp³-hybridized carbons (Fsp3) is 0.0385. The van der Waals surface area contributed by atoms with Crippen molar-refractivity contribution in [2.24, 2.45) is 0 Å². The molecule has 3 aromatic carbocycles. The lowest BCUT2D eigenvalue weighted by molar-refractivity contribution is 0.628. The van der Waals surface area contributed by atoms with Gasteiger partial charge < -0.3 is 5.73 Å². The molecule has 0 saturated carbocycles. The minimum Gasteiger partial charge on any atom is -0.384 e. The molecule has 5 aromatic rings. The number of hydrogen-bond donors (Lipinski definition) is 1. The van der Waals surface area contributed by atoms with Crippen LogP contribution in [0.4, 0.5) is 10.2 Å². The van der Waals surface area contributed by atoms with Crippen molar-refractivity contribution in [3.8, 4) is 28.1 Å². The average molecular weight is 473 g/mol. The van der Waals surface area contributed by atoms with Gasteiger partial charge in [0.15, 0.2) is 5.65 Å². The number of nitrogen functional groups attached to an aromatic ring is 1. The maximum Gasteiger partial charge on any atom is 0.207 e. The molecule has 33 heavy (non-hydrogen) atoms. The Kier molecular flexibility index (Phi) is 5.40. The van der Waals surface area contributed by atoms with Crippen molar-refractivity contribution in [3.63, 3.8) is 0 Å². The Morgan fingerprint density at radius 1 is 0.909 bits per heavy atom. The fourth-order valence-electron chi connectivity index (χ4n) is 3.89. The van der Waals surface area contributed by atoms with Crippen molar-refractivity contribution in [3.05, 3.63) is 100 Å². The molecule has 2 aromatic heterocycles. The van der Waals surface area contributed by atoms with E-state index in [-0.39, 0.29) is 5.82 Å². The third-order valence-corrected chi connectivity index (χ3v) is 6.07. The van der Waals surface area contributed by atoms with Crippen LogP contribution >= 0.6 is 23.8 Å². The van der Waals surface area contributed by atoms with E-state index in [1.807, 2.05) is 61.5 Å². The normalized spacial score (nSPS) is 11.1. The van der Waals surface area contributed by atoms with Gasteiger partial charge in [0.05, 0.1) is 16.8 Å². The van der Waals surface area contributed by atoms with Crippen molar-refractivity contribution in [1.29, 1.82) is 0 Å². The molecule has 162 valence electrons. The second kappa shape index (κ2) is 8.39. The van der Waals surface area contributed by atoms with E-state index >= 15 is 0 Å². The van der Waals surface area contributed by atoms with Crippen LogP contribution < -0.4 is 5.73 Å². The first kappa shape index (κ1) is 21.2. The van der Waals surface area contributed by atoms with Gasteiger partial charge in [-0.1, -0.05) is 41.9 Å². The van der Waals surface area contributed by atoms with E-state index in [0.717, 1.165) is 27.9 Å². The summed E-state index contributed by atoms with van der Waals surface area (Å²) >= 11 is 11.8. The largest absolute Gasteiger partial charge is 0.384 e. The van der Waals surface area contributed by atoms with E-state index in [4.69, 9.17) is 34.5 Å². The van der Waals surface area contributed by atoms with Crippen molar-refractivity contribution >= 4 is 40.7 Å².